The van der Waals surface area contributed by atoms with Gasteiger partial charge in [0.1, 0.15) is 11.5 Å². The second-order valence-electron chi connectivity index (χ2n) is 6.04. The number of para-hydroxylation sites is 1. The van der Waals surface area contributed by atoms with Gasteiger partial charge in [-0.2, -0.15) is 0 Å². The highest BCUT2D eigenvalue weighted by Crippen LogP contribution is 2.42. The van der Waals surface area contributed by atoms with Gasteiger partial charge in [0.15, 0.2) is 0 Å². The number of hydrogen-bond acceptors (Lipinski definition) is 4. The van der Waals surface area contributed by atoms with E-state index in [0.717, 1.165) is 44.1 Å². The average Bonchev–Trinajstić information content (AvgIpc) is 2.59. The topological polar surface area (TPSA) is 41.5 Å². The van der Waals surface area contributed by atoms with Crippen LogP contribution in [0.2, 0.25) is 0 Å². The molecule has 1 unspecified atom stereocenters. The first kappa shape index (κ1) is 20.0. The van der Waals surface area contributed by atoms with E-state index in [1.807, 2.05) is 30.3 Å². The molecule has 0 aliphatic carbocycles. The standard InChI is InChI=1S/C20H27O3PS/c1-3-5-11-17-12-10-16-20(19(17)15-6-4-2)23-24(21,25)22-18-13-8-7-9-14-18/h7-10,12-14,16H,3-6,11,15H2,1-2H3,(H,21,25)/p-1. The first-order valence-electron chi connectivity index (χ1n) is 8.91. The quantitative estimate of drug-likeness (QED) is 0.519. The van der Waals surface area contributed by atoms with Gasteiger partial charge >= 0.3 is 0 Å². The number of rotatable bonds is 10. The molecule has 1 atom stereocenters. The molecule has 0 bridgehead atoms. The molecule has 25 heavy (non-hydrogen) atoms. The minimum atomic E-state index is -3.66. The molecule has 0 fully saturated rings. The first-order valence-corrected chi connectivity index (χ1v) is 11.5. The number of hydrogen-bond donors (Lipinski definition) is 0. The Morgan fingerprint density at radius 3 is 2.24 bits per heavy atom. The van der Waals surface area contributed by atoms with Gasteiger partial charge < -0.3 is 13.9 Å². The SMILES string of the molecule is CCCCc1cccc(OP([O-])(=S)Oc2ccccc2)c1CCCC. The summed E-state index contributed by atoms with van der Waals surface area (Å²) < 4.78 is 11.1. The van der Waals surface area contributed by atoms with Crippen LogP contribution in [0.15, 0.2) is 48.5 Å². The van der Waals surface area contributed by atoms with E-state index in [1.54, 1.807) is 12.1 Å². The van der Waals surface area contributed by atoms with Crippen molar-refractivity contribution in [2.75, 3.05) is 0 Å². The lowest BCUT2D eigenvalue weighted by molar-refractivity contribution is -0.191. The van der Waals surface area contributed by atoms with Gasteiger partial charge in [-0.3, -0.25) is 0 Å². The van der Waals surface area contributed by atoms with Crippen LogP contribution in [-0.4, -0.2) is 0 Å². The van der Waals surface area contributed by atoms with Crippen LogP contribution in [0, 0.1) is 0 Å². The predicted octanol–water partition coefficient (Wildman–Crippen LogP) is 5.41. The Hall–Kier alpha value is -1.35. The van der Waals surface area contributed by atoms with Crippen LogP contribution in [0.3, 0.4) is 0 Å². The van der Waals surface area contributed by atoms with E-state index < -0.39 is 6.72 Å². The third-order valence-corrected chi connectivity index (χ3v) is 5.28. The van der Waals surface area contributed by atoms with Crippen molar-refractivity contribution in [2.24, 2.45) is 0 Å². The van der Waals surface area contributed by atoms with Gasteiger partial charge in [-0.25, -0.2) is 0 Å². The molecule has 0 aromatic heterocycles. The molecule has 0 saturated heterocycles. The molecule has 0 heterocycles. The van der Waals surface area contributed by atoms with E-state index in [-0.39, 0.29) is 0 Å². The van der Waals surface area contributed by atoms with Crippen molar-refractivity contribution in [1.29, 1.82) is 0 Å². The third kappa shape index (κ3) is 6.47. The molecule has 2 aromatic rings. The van der Waals surface area contributed by atoms with Crippen molar-refractivity contribution in [3.63, 3.8) is 0 Å². The van der Waals surface area contributed by atoms with E-state index in [2.05, 4.69) is 19.9 Å². The Labute approximate surface area is 156 Å². The van der Waals surface area contributed by atoms with Crippen molar-refractivity contribution in [3.05, 3.63) is 59.7 Å². The molecule has 0 saturated carbocycles. The molecule has 0 radical (unpaired) electrons. The van der Waals surface area contributed by atoms with E-state index in [1.165, 1.54) is 5.56 Å². The van der Waals surface area contributed by atoms with Crippen molar-refractivity contribution >= 4 is 18.5 Å². The van der Waals surface area contributed by atoms with E-state index in [9.17, 15) is 4.89 Å². The van der Waals surface area contributed by atoms with Crippen LogP contribution in [0.1, 0.15) is 50.7 Å². The fourth-order valence-electron chi connectivity index (χ4n) is 2.68. The van der Waals surface area contributed by atoms with Gasteiger partial charge in [0, 0.05) is 0 Å². The Balaban J connectivity index is 2.22. The molecule has 0 spiro atoms. The second kappa shape index (κ2) is 9.96. The van der Waals surface area contributed by atoms with Crippen molar-refractivity contribution in [1.82, 2.24) is 0 Å². The second-order valence-corrected chi connectivity index (χ2v) is 8.64. The Bertz CT molecular complexity index is 703. The van der Waals surface area contributed by atoms with E-state index >= 15 is 0 Å². The van der Waals surface area contributed by atoms with Crippen molar-refractivity contribution in [3.8, 4) is 11.5 Å². The maximum atomic E-state index is 12.7. The summed E-state index contributed by atoms with van der Waals surface area (Å²) in [5, 5.41) is 0. The summed E-state index contributed by atoms with van der Waals surface area (Å²) in [6.45, 7) is 0.678. The summed E-state index contributed by atoms with van der Waals surface area (Å²) in [5.41, 5.74) is 2.36. The smallest absolute Gasteiger partial charge is 0.221 e. The molecule has 0 aliphatic rings. The highest BCUT2D eigenvalue weighted by molar-refractivity contribution is 8.06. The van der Waals surface area contributed by atoms with Crippen LogP contribution in [0.5, 0.6) is 11.5 Å². The average molecular weight is 377 g/mol. The van der Waals surface area contributed by atoms with Gasteiger partial charge in [0.25, 0.3) is 0 Å². The Morgan fingerprint density at radius 1 is 0.880 bits per heavy atom. The fraction of sp³-hybridized carbons (Fsp3) is 0.400. The maximum absolute atomic E-state index is 12.7. The number of unbranched alkanes of at least 4 members (excludes halogenated alkanes) is 2. The maximum Gasteiger partial charge on any atom is 0.221 e. The highest BCUT2D eigenvalue weighted by Gasteiger charge is 2.14. The van der Waals surface area contributed by atoms with Crippen molar-refractivity contribution < 1.29 is 13.9 Å². The zero-order valence-electron chi connectivity index (χ0n) is 14.9. The Morgan fingerprint density at radius 2 is 1.56 bits per heavy atom. The molecular formula is C20H26O3PS-. The minimum absolute atomic E-state index is 0.457. The summed E-state index contributed by atoms with van der Waals surface area (Å²) in [6, 6.07) is 14.8. The van der Waals surface area contributed by atoms with Gasteiger partial charge in [0.2, 0.25) is 6.72 Å². The van der Waals surface area contributed by atoms with Crippen LogP contribution in [-0.2, 0) is 24.6 Å². The lowest BCUT2D eigenvalue weighted by Crippen LogP contribution is -2.14. The largest absolute Gasteiger partial charge is 0.760 e. The molecule has 0 amide bonds. The normalized spacial score (nSPS) is 13.2. The van der Waals surface area contributed by atoms with Crippen LogP contribution in [0.25, 0.3) is 0 Å². The fourth-order valence-corrected chi connectivity index (χ4v) is 4.01. The lowest BCUT2D eigenvalue weighted by atomic mass is 9.97. The summed E-state index contributed by atoms with van der Waals surface area (Å²) in [5.74, 6) is 1.05. The molecule has 3 nitrogen and oxygen atoms in total. The van der Waals surface area contributed by atoms with E-state index in [0.29, 0.717) is 11.5 Å². The van der Waals surface area contributed by atoms with Crippen LogP contribution in [0.4, 0.5) is 0 Å². The van der Waals surface area contributed by atoms with Gasteiger partial charge in [0.05, 0.1) is 0 Å². The van der Waals surface area contributed by atoms with Crippen LogP contribution < -0.4 is 13.9 Å². The van der Waals surface area contributed by atoms with E-state index in [4.69, 9.17) is 20.9 Å². The zero-order valence-corrected chi connectivity index (χ0v) is 16.7. The zero-order chi connectivity index (χ0) is 18.1. The Kier molecular flexibility index (Phi) is 7.95. The molecule has 2 aromatic carbocycles. The predicted molar refractivity (Wildman–Crippen MR) is 106 cm³/mol. The summed E-state index contributed by atoms with van der Waals surface area (Å²) in [4.78, 5) is 12.7. The summed E-state index contributed by atoms with van der Waals surface area (Å²) in [6.07, 6.45) is 6.29. The summed E-state index contributed by atoms with van der Waals surface area (Å²) in [7, 11) is 0. The molecule has 0 N–H and O–H groups in total. The summed E-state index contributed by atoms with van der Waals surface area (Å²) >= 11 is 5.12. The molecule has 5 heteroatoms. The van der Waals surface area contributed by atoms with Gasteiger partial charge in [-0.1, -0.05) is 57.0 Å². The third-order valence-electron chi connectivity index (χ3n) is 3.98. The first-order chi connectivity index (χ1) is 12.1. The van der Waals surface area contributed by atoms with Crippen LogP contribution >= 0.6 is 6.72 Å². The lowest BCUT2D eigenvalue weighted by Gasteiger charge is -2.29. The highest BCUT2D eigenvalue weighted by atomic mass is 32.5. The molecular weight excluding hydrogens is 351 g/mol. The molecule has 2 rings (SSSR count). The van der Waals surface area contributed by atoms with Gasteiger partial charge in [-0.15, -0.1) is 0 Å². The van der Waals surface area contributed by atoms with Crippen molar-refractivity contribution in [2.45, 2.75) is 52.4 Å². The monoisotopic (exact) mass is 377 g/mol. The minimum Gasteiger partial charge on any atom is -0.760 e. The molecule has 0 aliphatic heterocycles. The van der Waals surface area contributed by atoms with Gasteiger partial charge in [-0.05, 0) is 66.8 Å². The number of benzene rings is 2. The molecule has 136 valence electrons. The number of aryl methyl sites for hydroxylation is 1.